The van der Waals surface area contributed by atoms with E-state index in [1.165, 1.54) is 17.1 Å². The quantitative estimate of drug-likeness (QED) is 0.774. The maximum atomic E-state index is 12.5. The van der Waals surface area contributed by atoms with Gasteiger partial charge in [0.1, 0.15) is 0 Å². The lowest BCUT2D eigenvalue weighted by Crippen LogP contribution is -2.49. The molecule has 0 amide bonds. The second-order valence-electron chi connectivity index (χ2n) is 6.31. The van der Waals surface area contributed by atoms with Crippen molar-refractivity contribution in [3.8, 4) is 0 Å². The highest BCUT2D eigenvalue weighted by molar-refractivity contribution is 7.86. The summed E-state index contributed by atoms with van der Waals surface area (Å²) in [6, 6.07) is 0.808. The molecular weight excluding hydrogens is 274 g/mol. The average Bonchev–Trinajstić information content (AvgIpc) is 3.28. The van der Waals surface area contributed by atoms with Crippen molar-refractivity contribution in [3.05, 3.63) is 0 Å². The highest BCUT2D eigenvalue weighted by atomic mass is 32.2. The minimum Gasteiger partial charge on any atom is -0.314 e. The number of nitrogens with zero attached hydrogens (tertiary/aromatic N) is 2. The molecule has 0 aromatic heterocycles. The monoisotopic (exact) mass is 303 g/mol. The zero-order chi connectivity index (χ0) is 14.8. The van der Waals surface area contributed by atoms with Crippen LogP contribution in [0.3, 0.4) is 0 Å². The van der Waals surface area contributed by atoms with Crippen LogP contribution in [0.2, 0.25) is 0 Å². The SMILES string of the molecule is CCC(C)N(C)S(=O)(=O)N1CCC(CNC2CC2)CC1. The first-order chi connectivity index (χ1) is 9.45. The summed E-state index contributed by atoms with van der Waals surface area (Å²) in [7, 11) is -1.57. The summed E-state index contributed by atoms with van der Waals surface area (Å²) >= 11 is 0. The number of hydrogen-bond acceptors (Lipinski definition) is 3. The molecule has 0 aromatic carbocycles. The van der Waals surface area contributed by atoms with Crippen molar-refractivity contribution in [3.63, 3.8) is 0 Å². The lowest BCUT2D eigenvalue weighted by Gasteiger charge is -2.35. The van der Waals surface area contributed by atoms with Gasteiger partial charge in [0, 0.05) is 32.2 Å². The second-order valence-corrected chi connectivity index (χ2v) is 8.29. The Labute approximate surface area is 123 Å². The van der Waals surface area contributed by atoms with Crippen LogP contribution in [0.25, 0.3) is 0 Å². The van der Waals surface area contributed by atoms with Gasteiger partial charge >= 0.3 is 0 Å². The van der Waals surface area contributed by atoms with Gasteiger partial charge in [0.2, 0.25) is 0 Å². The summed E-state index contributed by atoms with van der Waals surface area (Å²) in [4.78, 5) is 0. The standard InChI is InChI=1S/C14H29N3O2S/c1-4-12(2)16(3)20(18,19)17-9-7-13(8-10-17)11-15-14-5-6-14/h12-15H,4-11H2,1-3H3. The topological polar surface area (TPSA) is 52.7 Å². The minimum absolute atomic E-state index is 0.0641. The van der Waals surface area contributed by atoms with Gasteiger partial charge in [-0.2, -0.15) is 17.0 Å². The normalized spacial score (nSPS) is 24.2. The predicted molar refractivity (Wildman–Crippen MR) is 81.8 cm³/mol. The van der Waals surface area contributed by atoms with Crippen LogP contribution in [0.1, 0.15) is 46.0 Å². The Morgan fingerprint density at radius 1 is 1.25 bits per heavy atom. The van der Waals surface area contributed by atoms with Crippen molar-refractivity contribution in [2.75, 3.05) is 26.7 Å². The molecule has 6 heteroatoms. The average molecular weight is 303 g/mol. The summed E-state index contributed by atoms with van der Waals surface area (Å²) in [5, 5.41) is 3.55. The molecule has 2 fully saturated rings. The van der Waals surface area contributed by atoms with Gasteiger partial charge in [-0.15, -0.1) is 0 Å². The molecule has 1 N–H and O–H groups in total. The van der Waals surface area contributed by atoms with Crippen LogP contribution in [0.4, 0.5) is 0 Å². The van der Waals surface area contributed by atoms with Crippen molar-refractivity contribution in [2.45, 2.75) is 58.0 Å². The van der Waals surface area contributed by atoms with Gasteiger partial charge < -0.3 is 5.32 Å². The van der Waals surface area contributed by atoms with Crippen molar-refractivity contribution < 1.29 is 8.42 Å². The van der Waals surface area contributed by atoms with Crippen LogP contribution in [-0.2, 0) is 10.2 Å². The second kappa shape index (κ2) is 6.73. The molecule has 1 unspecified atom stereocenters. The molecule has 1 aliphatic heterocycles. The number of hydrogen-bond donors (Lipinski definition) is 1. The van der Waals surface area contributed by atoms with Crippen LogP contribution in [0.5, 0.6) is 0 Å². The molecule has 0 bridgehead atoms. The Kier molecular flexibility index (Phi) is 5.45. The van der Waals surface area contributed by atoms with Crippen LogP contribution >= 0.6 is 0 Å². The fraction of sp³-hybridized carbons (Fsp3) is 1.00. The van der Waals surface area contributed by atoms with Gasteiger partial charge in [-0.05, 0) is 51.5 Å². The van der Waals surface area contributed by atoms with Gasteiger partial charge in [0.25, 0.3) is 10.2 Å². The van der Waals surface area contributed by atoms with E-state index >= 15 is 0 Å². The van der Waals surface area contributed by atoms with E-state index in [4.69, 9.17) is 0 Å². The Bertz CT molecular complexity index is 401. The first kappa shape index (κ1) is 16.2. The van der Waals surface area contributed by atoms with E-state index in [0.29, 0.717) is 19.0 Å². The minimum atomic E-state index is -3.27. The maximum Gasteiger partial charge on any atom is 0.281 e. The summed E-state index contributed by atoms with van der Waals surface area (Å²) in [6.07, 6.45) is 5.43. The Hall–Kier alpha value is -0.170. The number of piperidine rings is 1. The van der Waals surface area contributed by atoms with Gasteiger partial charge in [0.15, 0.2) is 0 Å². The Morgan fingerprint density at radius 2 is 1.85 bits per heavy atom. The molecule has 0 radical (unpaired) electrons. The summed E-state index contributed by atoms with van der Waals surface area (Å²) in [6.45, 7) is 6.37. The molecule has 1 atom stereocenters. The van der Waals surface area contributed by atoms with E-state index in [0.717, 1.165) is 31.8 Å². The van der Waals surface area contributed by atoms with Crippen molar-refractivity contribution in [1.29, 1.82) is 0 Å². The van der Waals surface area contributed by atoms with E-state index in [1.54, 1.807) is 11.4 Å². The molecule has 2 rings (SSSR count). The van der Waals surface area contributed by atoms with E-state index < -0.39 is 10.2 Å². The molecule has 1 saturated carbocycles. The highest BCUT2D eigenvalue weighted by Gasteiger charge is 2.33. The molecule has 20 heavy (non-hydrogen) atoms. The van der Waals surface area contributed by atoms with Crippen LogP contribution < -0.4 is 5.32 Å². The largest absolute Gasteiger partial charge is 0.314 e. The third-order valence-corrected chi connectivity index (χ3v) is 6.85. The first-order valence-corrected chi connectivity index (χ1v) is 9.31. The molecule has 5 nitrogen and oxygen atoms in total. The zero-order valence-electron chi connectivity index (χ0n) is 13.0. The van der Waals surface area contributed by atoms with Crippen molar-refractivity contribution >= 4 is 10.2 Å². The zero-order valence-corrected chi connectivity index (χ0v) is 13.8. The van der Waals surface area contributed by atoms with Gasteiger partial charge in [0.05, 0.1) is 0 Å². The maximum absolute atomic E-state index is 12.5. The molecule has 0 aromatic rings. The molecule has 1 heterocycles. The molecule has 0 spiro atoms. The lowest BCUT2D eigenvalue weighted by atomic mass is 9.98. The molecule has 1 saturated heterocycles. The van der Waals surface area contributed by atoms with Gasteiger partial charge in [-0.25, -0.2) is 0 Å². The fourth-order valence-corrected chi connectivity index (χ4v) is 4.27. The van der Waals surface area contributed by atoms with Crippen LogP contribution in [-0.4, -0.2) is 55.8 Å². The van der Waals surface area contributed by atoms with Crippen LogP contribution in [0, 0.1) is 5.92 Å². The summed E-state index contributed by atoms with van der Waals surface area (Å²) < 4.78 is 28.2. The van der Waals surface area contributed by atoms with Gasteiger partial charge in [-0.3, -0.25) is 0 Å². The third kappa shape index (κ3) is 3.93. The molecular formula is C14H29N3O2S. The van der Waals surface area contributed by atoms with E-state index in [-0.39, 0.29) is 6.04 Å². The van der Waals surface area contributed by atoms with E-state index in [9.17, 15) is 8.42 Å². The predicted octanol–water partition coefficient (Wildman–Crippen LogP) is 1.43. The van der Waals surface area contributed by atoms with Crippen LogP contribution in [0.15, 0.2) is 0 Å². The van der Waals surface area contributed by atoms with Crippen molar-refractivity contribution in [2.24, 2.45) is 5.92 Å². The number of rotatable bonds is 7. The molecule has 1 aliphatic carbocycles. The van der Waals surface area contributed by atoms with Crippen molar-refractivity contribution in [1.82, 2.24) is 13.9 Å². The first-order valence-electron chi connectivity index (χ1n) is 7.91. The van der Waals surface area contributed by atoms with E-state index in [2.05, 4.69) is 5.32 Å². The smallest absolute Gasteiger partial charge is 0.281 e. The fourth-order valence-electron chi connectivity index (χ4n) is 2.63. The highest BCUT2D eigenvalue weighted by Crippen LogP contribution is 2.24. The molecule has 118 valence electrons. The Morgan fingerprint density at radius 3 is 2.35 bits per heavy atom. The summed E-state index contributed by atoms with van der Waals surface area (Å²) in [5.74, 6) is 0.635. The molecule has 2 aliphatic rings. The number of nitrogens with one attached hydrogen (secondary N) is 1. The summed E-state index contributed by atoms with van der Waals surface area (Å²) in [5.41, 5.74) is 0. The Balaban J connectivity index is 1.82. The van der Waals surface area contributed by atoms with Gasteiger partial charge in [-0.1, -0.05) is 6.92 Å². The van der Waals surface area contributed by atoms with E-state index in [1.807, 2.05) is 13.8 Å². The lowest BCUT2D eigenvalue weighted by molar-refractivity contribution is 0.245. The third-order valence-electron chi connectivity index (χ3n) is 4.75.